The summed E-state index contributed by atoms with van der Waals surface area (Å²) in [6.45, 7) is 4.28. The molecule has 0 radical (unpaired) electrons. The molecule has 3 nitrogen and oxygen atoms in total. The molecule has 4 heteroatoms. The summed E-state index contributed by atoms with van der Waals surface area (Å²) in [5.41, 5.74) is 1.19. The van der Waals surface area contributed by atoms with Crippen molar-refractivity contribution in [2.24, 2.45) is 5.92 Å². The highest BCUT2D eigenvalue weighted by atomic mass is 32.2. The molecule has 0 aliphatic carbocycles. The predicted molar refractivity (Wildman–Crippen MR) is 60.5 cm³/mol. The average molecular weight is 228 g/mol. The van der Waals surface area contributed by atoms with Crippen LogP contribution in [0.15, 0.2) is 24.3 Å². The number of hydrogen-bond acceptors (Lipinski definition) is 3. The Balaban J connectivity index is 2.73. The minimum atomic E-state index is -3.41. The van der Waals surface area contributed by atoms with E-state index < -0.39 is 10.1 Å². The van der Waals surface area contributed by atoms with Crippen molar-refractivity contribution in [1.29, 1.82) is 0 Å². The maximum atomic E-state index is 10.8. The minimum absolute atomic E-state index is 0.366. The summed E-state index contributed by atoms with van der Waals surface area (Å²) in [4.78, 5) is 0. The largest absolute Gasteiger partial charge is 0.383 e. The quantitative estimate of drug-likeness (QED) is 0.742. The zero-order valence-electron chi connectivity index (χ0n) is 9.23. The second-order valence-electron chi connectivity index (χ2n) is 4.03. The first-order valence-corrected chi connectivity index (χ1v) is 6.67. The van der Waals surface area contributed by atoms with Gasteiger partial charge in [-0.2, -0.15) is 8.42 Å². The molecule has 84 valence electrons. The summed E-state index contributed by atoms with van der Waals surface area (Å²) in [6, 6.07) is 7.14. The Morgan fingerprint density at radius 1 is 1.20 bits per heavy atom. The van der Waals surface area contributed by atoms with Crippen LogP contribution >= 0.6 is 0 Å². The van der Waals surface area contributed by atoms with Crippen LogP contribution in [0.5, 0.6) is 5.75 Å². The normalized spacial score (nSPS) is 11.7. The Morgan fingerprint density at radius 2 is 1.73 bits per heavy atom. The summed E-state index contributed by atoms with van der Waals surface area (Å²) >= 11 is 0. The molecule has 0 heterocycles. The summed E-state index contributed by atoms with van der Waals surface area (Å²) in [5, 5.41) is 0. The van der Waals surface area contributed by atoms with Crippen LogP contribution in [0.1, 0.15) is 19.4 Å². The van der Waals surface area contributed by atoms with Crippen LogP contribution < -0.4 is 4.18 Å². The van der Waals surface area contributed by atoms with Gasteiger partial charge in [-0.1, -0.05) is 26.0 Å². The highest BCUT2D eigenvalue weighted by Crippen LogP contribution is 2.16. The van der Waals surface area contributed by atoms with E-state index in [1.165, 1.54) is 5.56 Å². The van der Waals surface area contributed by atoms with Gasteiger partial charge in [0.25, 0.3) is 0 Å². The molecule has 0 fully saturated rings. The van der Waals surface area contributed by atoms with Gasteiger partial charge in [0.2, 0.25) is 0 Å². The molecule has 1 rings (SSSR count). The lowest BCUT2D eigenvalue weighted by atomic mass is 10.0. The highest BCUT2D eigenvalue weighted by Gasteiger charge is 2.04. The van der Waals surface area contributed by atoms with Crippen molar-refractivity contribution >= 4 is 10.1 Å². The molecule has 0 aromatic heterocycles. The highest BCUT2D eigenvalue weighted by molar-refractivity contribution is 7.86. The monoisotopic (exact) mass is 228 g/mol. The standard InChI is InChI=1S/C11H16O3S/c1-9(2)8-10-4-6-11(7-5-10)14-15(3,12)13/h4-7,9H,8H2,1-3H3. The molecule has 0 unspecified atom stereocenters. The average Bonchev–Trinajstić information content (AvgIpc) is 2.05. The van der Waals surface area contributed by atoms with Gasteiger partial charge in [-0.25, -0.2) is 0 Å². The molecular weight excluding hydrogens is 212 g/mol. The zero-order chi connectivity index (χ0) is 11.5. The lowest BCUT2D eigenvalue weighted by Gasteiger charge is -2.06. The van der Waals surface area contributed by atoms with Crippen LogP contribution in [-0.4, -0.2) is 14.7 Å². The Kier molecular flexibility index (Phi) is 3.74. The summed E-state index contributed by atoms with van der Waals surface area (Å²) in [7, 11) is -3.41. The van der Waals surface area contributed by atoms with Crippen molar-refractivity contribution < 1.29 is 12.6 Å². The molecule has 0 atom stereocenters. The number of rotatable bonds is 4. The van der Waals surface area contributed by atoms with Gasteiger partial charge in [0.05, 0.1) is 6.26 Å². The topological polar surface area (TPSA) is 43.4 Å². The first kappa shape index (κ1) is 12.0. The van der Waals surface area contributed by atoms with Crippen LogP contribution in [0.3, 0.4) is 0 Å². The Labute approximate surface area is 91.2 Å². The van der Waals surface area contributed by atoms with Crippen molar-refractivity contribution in [3.8, 4) is 5.75 Å². The lowest BCUT2D eigenvalue weighted by molar-refractivity contribution is 0.492. The Morgan fingerprint density at radius 3 is 2.13 bits per heavy atom. The van der Waals surface area contributed by atoms with Crippen LogP contribution in [0.25, 0.3) is 0 Å². The molecule has 0 saturated carbocycles. The Hall–Kier alpha value is -1.03. The maximum Gasteiger partial charge on any atom is 0.306 e. The lowest BCUT2D eigenvalue weighted by Crippen LogP contribution is -2.05. The number of hydrogen-bond donors (Lipinski definition) is 0. The first-order valence-electron chi connectivity index (χ1n) is 4.85. The summed E-state index contributed by atoms with van der Waals surface area (Å²) < 4.78 is 26.4. The molecule has 0 saturated heterocycles. The molecule has 1 aromatic carbocycles. The van der Waals surface area contributed by atoms with Crippen LogP contribution in [0, 0.1) is 5.92 Å². The van der Waals surface area contributed by atoms with E-state index in [0.717, 1.165) is 12.7 Å². The Bertz CT molecular complexity index is 404. The van der Waals surface area contributed by atoms with Crippen LogP contribution in [0.2, 0.25) is 0 Å². The van der Waals surface area contributed by atoms with E-state index in [-0.39, 0.29) is 0 Å². The molecule has 0 spiro atoms. The third-order valence-electron chi connectivity index (χ3n) is 1.81. The second-order valence-corrected chi connectivity index (χ2v) is 5.60. The van der Waals surface area contributed by atoms with Gasteiger partial charge in [-0.15, -0.1) is 0 Å². The minimum Gasteiger partial charge on any atom is -0.383 e. The van der Waals surface area contributed by atoms with Gasteiger partial charge < -0.3 is 4.18 Å². The molecule has 0 amide bonds. The molecular formula is C11H16O3S. The van der Waals surface area contributed by atoms with E-state index in [1.54, 1.807) is 12.1 Å². The second kappa shape index (κ2) is 4.66. The van der Waals surface area contributed by atoms with Crippen LogP contribution in [0.4, 0.5) is 0 Å². The molecule has 0 aliphatic rings. The van der Waals surface area contributed by atoms with E-state index in [9.17, 15) is 8.42 Å². The third-order valence-corrected chi connectivity index (χ3v) is 2.31. The molecule has 0 aliphatic heterocycles. The molecule has 15 heavy (non-hydrogen) atoms. The van der Waals surface area contributed by atoms with Crippen molar-refractivity contribution in [3.05, 3.63) is 29.8 Å². The predicted octanol–water partition coefficient (Wildman–Crippen LogP) is 2.22. The van der Waals surface area contributed by atoms with E-state index in [2.05, 4.69) is 13.8 Å². The van der Waals surface area contributed by atoms with Gasteiger partial charge in [0.15, 0.2) is 0 Å². The SMILES string of the molecule is CC(C)Cc1ccc(OS(C)(=O)=O)cc1. The van der Waals surface area contributed by atoms with Gasteiger partial charge in [0.1, 0.15) is 5.75 Å². The van der Waals surface area contributed by atoms with E-state index in [1.807, 2.05) is 12.1 Å². The third kappa shape index (κ3) is 4.83. The van der Waals surface area contributed by atoms with Crippen molar-refractivity contribution in [3.63, 3.8) is 0 Å². The van der Waals surface area contributed by atoms with Crippen molar-refractivity contribution in [2.45, 2.75) is 20.3 Å². The molecule has 1 aromatic rings. The van der Waals surface area contributed by atoms with Gasteiger partial charge in [-0.3, -0.25) is 0 Å². The van der Waals surface area contributed by atoms with E-state index >= 15 is 0 Å². The van der Waals surface area contributed by atoms with E-state index in [4.69, 9.17) is 4.18 Å². The van der Waals surface area contributed by atoms with Crippen molar-refractivity contribution in [1.82, 2.24) is 0 Å². The van der Waals surface area contributed by atoms with Gasteiger partial charge in [-0.05, 0) is 30.0 Å². The van der Waals surface area contributed by atoms with Crippen molar-refractivity contribution in [2.75, 3.05) is 6.26 Å². The van der Waals surface area contributed by atoms with Gasteiger partial charge in [0, 0.05) is 0 Å². The zero-order valence-corrected chi connectivity index (χ0v) is 10.0. The van der Waals surface area contributed by atoms with Crippen LogP contribution in [-0.2, 0) is 16.5 Å². The molecule has 0 N–H and O–H groups in total. The first-order chi connectivity index (χ1) is 6.87. The summed E-state index contributed by atoms with van der Waals surface area (Å²) in [6.07, 6.45) is 2.02. The smallest absolute Gasteiger partial charge is 0.306 e. The van der Waals surface area contributed by atoms with E-state index in [0.29, 0.717) is 11.7 Å². The van der Waals surface area contributed by atoms with Gasteiger partial charge >= 0.3 is 10.1 Å². The maximum absolute atomic E-state index is 10.8. The fourth-order valence-electron chi connectivity index (χ4n) is 1.33. The summed E-state index contributed by atoms with van der Waals surface area (Å²) in [5.74, 6) is 0.955. The fourth-order valence-corrected chi connectivity index (χ4v) is 1.79. The fraction of sp³-hybridized carbons (Fsp3) is 0.455. The number of benzene rings is 1. The molecule has 0 bridgehead atoms.